The third-order valence-corrected chi connectivity index (χ3v) is 2.82. The summed E-state index contributed by atoms with van der Waals surface area (Å²) in [5.41, 5.74) is 0.979. The molecule has 1 aromatic rings. The molecule has 1 aromatic carbocycles. The van der Waals surface area contributed by atoms with Crippen LogP contribution >= 0.6 is 0 Å². The first-order valence-electron chi connectivity index (χ1n) is 5.63. The van der Waals surface area contributed by atoms with E-state index in [1.54, 1.807) is 14.0 Å². The van der Waals surface area contributed by atoms with E-state index in [-0.39, 0.29) is 5.92 Å². The number of anilines is 1. The van der Waals surface area contributed by atoms with E-state index in [1.807, 2.05) is 36.2 Å². The minimum absolute atomic E-state index is 0.327. The minimum Gasteiger partial charge on any atom is -0.495 e. The molecule has 0 saturated heterocycles. The van der Waals surface area contributed by atoms with E-state index in [1.165, 1.54) is 0 Å². The van der Waals surface area contributed by atoms with Gasteiger partial charge in [-0.1, -0.05) is 19.1 Å². The van der Waals surface area contributed by atoms with E-state index >= 15 is 0 Å². The Labute approximate surface area is 102 Å². The predicted molar refractivity (Wildman–Crippen MR) is 67.7 cm³/mol. The molecule has 0 radical (unpaired) electrons. The molecule has 4 heteroatoms. The molecule has 17 heavy (non-hydrogen) atoms. The normalized spacial score (nSPS) is 11.9. The summed E-state index contributed by atoms with van der Waals surface area (Å²) in [6.45, 7) is 2.41. The number of hydrogen-bond acceptors (Lipinski definition) is 3. The molecule has 0 bridgehead atoms. The highest BCUT2D eigenvalue weighted by molar-refractivity contribution is 5.69. The first-order valence-corrected chi connectivity index (χ1v) is 5.63. The quantitative estimate of drug-likeness (QED) is 0.824. The van der Waals surface area contributed by atoms with Gasteiger partial charge in [-0.3, -0.25) is 4.79 Å². The smallest absolute Gasteiger partial charge is 0.306 e. The minimum atomic E-state index is -0.751. The number of aliphatic carboxylic acids is 1. The Morgan fingerprint density at radius 2 is 2.12 bits per heavy atom. The van der Waals surface area contributed by atoms with E-state index in [0.29, 0.717) is 13.0 Å². The van der Waals surface area contributed by atoms with Gasteiger partial charge in [-0.15, -0.1) is 0 Å². The number of ether oxygens (including phenoxy) is 1. The highest BCUT2D eigenvalue weighted by Gasteiger charge is 2.13. The van der Waals surface area contributed by atoms with E-state index in [4.69, 9.17) is 9.84 Å². The van der Waals surface area contributed by atoms with Crippen LogP contribution in [0.15, 0.2) is 24.3 Å². The van der Waals surface area contributed by atoms with Gasteiger partial charge in [0.05, 0.1) is 18.7 Å². The Morgan fingerprint density at radius 3 is 2.71 bits per heavy atom. The lowest BCUT2D eigenvalue weighted by Gasteiger charge is -2.22. The standard InChI is InChI=1S/C13H19NO3/c1-10(13(15)16)8-9-14(2)11-6-4-5-7-12(11)17-3/h4-7,10H,8-9H2,1-3H3,(H,15,16). The van der Waals surface area contributed by atoms with Crippen molar-refractivity contribution in [3.63, 3.8) is 0 Å². The number of benzene rings is 1. The Bertz CT molecular complexity index is 379. The summed E-state index contributed by atoms with van der Waals surface area (Å²) in [6.07, 6.45) is 0.615. The highest BCUT2D eigenvalue weighted by Crippen LogP contribution is 2.26. The van der Waals surface area contributed by atoms with Crippen LogP contribution in [0.25, 0.3) is 0 Å². The molecule has 1 atom stereocenters. The number of methoxy groups -OCH3 is 1. The average molecular weight is 237 g/mol. The van der Waals surface area contributed by atoms with E-state index in [0.717, 1.165) is 11.4 Å². The van der Waals surface area contributed by atoms with Crippen LogP contribution in [0.3, 0.4) is 0 Å². The van der Waals surface area contributed by atoms with Crippen LogP contribution in [-0.2, 0) is 4.79 Å². The molecule has 0 aliphatic carbocycles. The van der Waals surface area contributed by atoms with Gasteiger partial charge in [0.1, 0.15) is 5.75 Å². The van der Waals surface area contributed by atoms with Crippen molar-refractivity contribution in [2.24, 2.45) is 5.92 Å². The van der Waals surface area contributed by atoms with Crippen LogP contribution in [0.4, 0.5) is 5.69 Å². The first-order chi connectivity index (χ1) is 8.06. The summed E-state index contributed by atoms with van der Waals surface area (Å²) < 4.78 is 5.26. The summed E-state index contributed by atoms with van der Waals surface area (Å²) in [5, 5.41) is 8.82. The van der Waals surface area contributed by atoms with Gasteiger partial charge >= 0.3 is 5.97 Å². The van der Waals surface area contributed by atoms with E-state index < -0.39 is 5.97 Å². The first kappa shape index (κ1) is 13.4. The Kier molecular flexibility index (Phi) is 4.82. The maximum atomic E-state index is 10.7. The summed E-state index contributed by atoms with van der Waals surface area (Å²) in [5.74, 6) is -0.274. The summed E-state index contributed by atoms with van der Waals surface area (Å²) in [6, 6.07) is 7.71. The Morgan fingerprint density at radius 1 is 1.47 bits per heavy atom. The highest BCUT2D eigenvalue weighted by atomic mass is 16.5. The number of rotatable bonds is 6. The molecule has 0 aliphatic rings. The second-order valence-corrected chi connectivity index (χ2v) is 4.12. The summed E-state index contributed by atoms with van der Waals surface area (Å²) >= 11 is 0. The molecule has 0 saturated carbocycles. The van der Waals surface area contributed by atoms with Gasteiger partial charge in [-0.2, -0.15) is 0 Å². The average Bonchev–Trinajstić information content (AvgIpc) is 2.35. The van der Waals surface area contributed by atoms with Crippen LogP contribution in [-0.4, -0.2) is 31.8 Å². The van der Waals surface area contributed by atoms with Crippen LogP contribution in [0.1, 0.15) is 13.3 Å². The Balaban J connectivity index is 2.63. The molecule has 0 spiro atoms. The molecule has 1 unspecified atom stereocenters. The van der Waals surface area contributed by atoms with Crippen molar-refractivity contribution in [3.05, 3.63) is 24.3 Å². The van der Waals surface area contributed by atoms with Gasteiger partial charge in [0.25, 0.3) is 0 Å². The van der Waals surface area contributed by atoms with Crippen molar-refractivity contribution in [1.29, 1.82) is 0 Å². The predicted octanol–water partition coefficient (Wildman–Crippen LogP) is 2.24. The van der Waals surface area contributed by atoms with E-state index in [9.17, 15) is 4.79 Å². The molecule has 1 rings (SSSR count). The van der Waals surface area contributed by atoms with E-state index in [2.05, 4.69) is 0 Å². The van der Waals surface area contributed by atoms with Crippen molar-refractivity contribution in [2.45, 2.75) is 13.3 Å². The number of carboxylic acids is 1. The molecule has 0 aromatic heterocycles. The largest absolute Gasteiger partial charge is 0.495 e. The van der Waals surface area contributed by atoms with Crippen molar-refractivity contribution in [1.82, 2.24) is 0 Å². The number of nitrogens with zero attached hydrogens (tertiary/aromatic N) is 1. The molecule has 0 amide bonds. The number of para-hydroxylation sites is 2. The molecule has 94 valence electrons. The molecule has 0 aliphatic heterocycles. The third-order valence-electron chi connectivity index (χ3n) is 2.82. The zero-order chi connectivity index (χ0) is 12.8. The monoisotopic (exact) mass is 237 g/mol. The topological polar surface area (TPSA) is 49.8 Å². The number of hydrogen-bond donors (Lipinski definition) is 1. The number of carboxylic acid groups (broad SMARTS) is 1. The van der Waals surface area contributed by atoms with Gasteiger partial charge in [0.2, 0.25) is 0 Å². The molecular formula is C13H19NO3. The van der Waals surface area contributed by atoms with Crippen LogP contribution in [0.2, 0.25) is 0 Å². The molecular weight excluding hydrogens is 218 g/mol. The molecule has 1 N–H and O–H groups in total. The zero-order valence-corrected chi connectivity index (χ0v) is 10.5. The fourth-order valence-electron chi connectivity index (χ4n) is 1.58. The lowest BCUT2D eigenvalue weighted by molar-refractivity contribution is -0.141. The zero-order valence-electron chi connectivity index (χ0n) is 10.5. The molecule has 0 heterocycles. The summed E-state index contributed by atoms with van der Waals surface area (Å²) in [4.78, 5) is 12.7. The van der Waals surface area contributed by atoms with Crippen LogP contribution < -0.4 is 9.64 Å². The van der Waals surface area contributed by atoms with Crippen LogP contribution in [0.5, 0.6) is 5.75 Å². The fourth-order valence-corrected chi connectivity index (χ4v) is 1.58. The second-order valence-electron chi connectivity index (χ2n) is 4.12. The van der Waals surface area contributed by atoms with Gasteiger partial charge < -0.3 is 14.7 Å². The van der Waals surface area contributed by atoms with Gasteiger partial charge in [-0.25, -0.2) is 0 Å². The summed E-state index contributed by atoms with van der Waals surface area (Å²) in [7, 11) is 3.57. The Hall–Kier alpha value is -1.71. The maximum Gasteiger partial charge on any atom is 0.306 e. The number of carbonyl (C=O) groups is 1. The van der Waals surface area contributed by atoms with Gasteiger partial charge in [0, 0.05) is 13.6 Å². The van der Waals surface area contributed by atoms with Crippen LogP contribution in [0, 0.1) is 5.92 Å². The lowest BCUT2D eigenvalue weighted by Crippen LogP contribution is -2.23. The van der Waals surface area contributed by atoms with Gasteiger partial charge in [0.15, 0.2) is 0 Å². The molecule has 4 nitrogen and oxygen atoms in total. The molecule has 0 fully saturated rings. The fraction of sp³-hybridized carbons (Fsp3) is 0.462. The van der Waals surface area contributed by atoms with Crippen molar-refractivity contribution in [3.8, 4) is 5.75 Å². The van der Waals surface area contributed by atoms with Crippen molar-refractivity contribution >= 4 is 11.7 Å². The third kappa shape index (κ3) is 3.66. The lowest BCUT2D eigenvalue weighted by atomic mass is 10.1. The SMILES string of the molecule is COc1ccccc1N(C)CCC(C)C(=O)O. The second kappa shape index (κ2) is 6.13. The maximum absolute atomic E-state index is 10.7. The van der Waals surface area contributed by atoms with Gasteiger partial charge in [-0.05, 0) is 18.6 Å². The van der Waals surface area contributed by atoms with Crippen molar-refractivity contribution in [2.75, 3.05) is 25.6 Å². The van der Waals surface area contributed by atoms with Crippen molar-refractivity contribution < 1.29 is 14.6 Å².